The minimum absolute atomic E-state index is 0.0417. The Morgan fingerprint density at radius 2 is 1.74 bits per heavy atom. The van der Waals surface area contributed by atoms with Gasteiger partial charge in [0.05, 0.1) is 0 Å². The second-order valence-corrected chi connectivity index (χ2v) is 4.10. The highest BCUT2D eigenvalue weighted by molar-refractivity contribution is 6.28. The second-order valence-electron chi connectivity index (χ2n) is 3.76. The highest BCUT2D eigenvalue weighted by Gasteiger charge is 2.21. The van der Waals surface area contributed by atoms with E-state index >= 15 is 0 Å². The largest absolute Gasteiger partial charge is 0.368 e. The third kappa shape index (κ3) is 4.51. The molecule has 0 radical (unpaired) electrons. The van der Waals surface area contributed by atoms with Crippen LogP contribution in [0.1, 0.15) is 16.2 Å². The van der Waals surface area contributed by atoms with Crippen molar-refractivity contribution in [2.24, 2.45) is 11.5 Å². The van der Waals surface area contributed by atoms with Crippen LogP contribution in [0.5, 0.6) is 0 Å². The first-order valence-electron chi connectivity index (χ1n) is 5.16. The number of primary amides is 2. The van der Waals surface area contributed by atoms with Crippen molar-refractivity contribution in [3.63, 3.8) is 0 Å². The highest BCUT2D eigenvalue weighted by Crippen LogP contribution is 2.08. The SMILES string of the molecule is Cc1cc(C(=O)N(CC(N)=O)CC(N)=O)nc(Cl)n1. The summed E-state index contributed by atoms with van der Waals surface area (Å²) >= 11 is 5.63. The Hall–Kier alpha value is -2.22. The maximum absolute atomic E-state index is 12.1. The van der Waals surface area contributed by atoms with E-state index < -0.39 is 30.8 Å². The van der Waals surface area contributed by atoms with E-state index in [0.29, 0.717) is 5.69 Å². The summed E-state index contributed by atoms with van der Waals surface area (Å²) in [6.07, 6.45) is 0. The molecule has 0 fully saturated rings. The lowest BCUT2D eigenvalue weighted by Gasteiger charge is -2.18. The molecule has 0 saturated carbocycles. The van der Waals surface area contributed by atoms with E-state index in [-0.39, 0.29) is 11.0 Å². The number of nitrogens with two attached hydrogens (primary N) is 2. The molecule has 8 nitrogen and oxygen atoms in total. The van der Waals surface area contributed by atoms with Gasteiger partial charge in [0.2, 0.25) is 17.1 Å². The van der Waals surface area contributed by atoms with Crippen molar-refractivity contribution in [3.8, 4) is 0 Å². The van der Waals surface area contributed by atoms with E-state index in [4.69, 9.17) is 23.1 Å². The molecule has 4 N–H and O–H groups in total. The number of amides is 3. The van der Waals surface area contributed by atoms with Gasteiger partial charge in [-0.15, -0.1) is 0 Å². The van der Waals surface area contributed by atoms with Gasteiger partial charge in [-0.3, -0.25) is 14.4 Å². The Balaban J connectivity index is 3.03. The summed E-state index contributed by atoms with van der Waals surface area (Å²) in [5.41, 5.74) is 10.4. The number of hydrogen-bond acceptors (Lipinski definition) is 5. The fraction of sp³-hybridized carbons (Fsp3) is 0.300. The number of carbonyl (C=O) groups is 3. The van der Waals surface area contributed by atoms with Gasteiger partial charge in [-0.25, -0.2) is 9.97 Å². The average molecular weight is 286 g/mol. The number of halogens is 1. The van der Waals surface area contributed by atoms with Gasteiger partial charge in [0, 0.05) is 5.69 Å². The van der Waals surface area contributed by atoms with Gasteiger partial charge in [0.25, 0.3) is 5.91 Å². The minimum atomic E-state index is -0.772. The van der Waals surface area contributed by atoms with Gasteiger partial charge in [0.15, 0.2) is 0 Å². The predicted octanol–water partition coefficient (Wildman–Crippen LogP) is -1.15. The Kier molecular flexibility index (Phi) is 4.76. The van der Waals surface area contributed by atoms with E-state index in [1.807, 2.05) is 0 Å². The fourth-order valence-electron chi connectivity index (χ4n) is 1.38. The first kappa shape index (κ1) is 14.8. The van der Waals surface area contributed by atoms with Gasteiger partial charge >= 0.3 is 0 Å². The zero-order valence-electron chi connectivity index (χ0n) is 10.1. The third-order valence-corrected chi connectivity index (χ3v) is 2.20. The van der Waals surface area contributed by atoms with Crippen LogP contribution in [0.2, 0.25) is 5.28 Å². The van der Waals surface area contributed by atoms with Crippen molar-refractivity contribution >= 4 is 29.3 Å². The van der Waals surface area contributed by atoms with E-state index in [1.165, 1.54) is 6.07 Å². The van der Waals surface area contributed by atoms with E-state index in [1.54, 1.807) is 6.92 Å². The van der Waals surface area contributed by atoms with Crippen LogP contribution in [0.4, 0.5) is 0 Å². The van der Waals surface area contributed by atoms with Crippen molar-refractivity contribution in [1.29, 1.82) is 0 Å². The fourth-order valence-corrected chi connectivity index (χ4v) is 1.60. The van der Waals surface area contributed by atoms with Crippen LogP contribution in [0.3, 0.4) is 0 Å². The average Bonchev–Trinajstić information content (AvgIpc) is 2.24. The molecule has 0 unspecified atom stereocenters. The Morgan fingerprint density at radius 3 is 2.16 bits per heavy atom. The van der Waals surface area contributed by atoms with Crippen LogP contribution in [0.15, 0.2) is 6.07 Å². The summed E-state index contributed by atoms with van der Waals surface area (Å²) in [6, 6.07) is 1.38. The number of nitrogens with zero attached hydrogens (tertiary/aromatic N) is 3. The van der Waals surface area contributed by atoms with Crippen molar-refractivity contribution in [2.75, 3.05) is 13.1 Å². The molecule has 0 aromatic carbocycles. The van der Waals surface area contributed by atoms with Gasteiger partial charge in [-0.1, -0.05) is 0 Å². The summed E-state index contributed by atoms with van der Waals surface area (Å²) in [7, 11) is 0. The Labute approximate surface area is 113 Å². The Morgan fingerprint density at radius 1 is 1.21 bits per heavy atom. The molecular formula is C10H12ClN5O3. The first-order chi connectivity index (χ1) is 8.79. The third-order valence-electron chi connectivity index (χ3n) is 2.03. The molecule has 0 aliphatic carbocycles. The number of rotatable bonds is 5. The standard InChI is InChI=1S/C10H12ClN5O3/c1-5-2-6(15-10(11)14-5)9(19)16(3-7(12)17)4-8(13)18/h2H,3-4H2,1H3,(H2,12,17)(H2,13,18). The predicted molar refractivity (Wildman–Crippen MR) is 66.1 cm³/mol. The van der Waals surface area contributed by atoms with E-state index in [2.05, 4.69) is 9.97 Å². The normalized spacial score (nSPS) is 10.0. The summed E-state index contributed by atoms with van der Waals surface area (Å²) in [5, 5.41) is -0.110. The van der Waals surface area contributed by atoms with Gasteiger partial charge in [-0.2, -0.15) is 0 Å². The molecule has 102 valence electrons. The summed E-state index contributed by atoms with van der Waals surface area (Å²) in [6.45, 7) is 0.738. The topological polar surface area (TPSA) is 132 Å². The van der Waals surface area contributed by atoms with Crippen molar-refractivity contribution < 1.29 is 14.4 Å². The summed E-state index contributed by atoms with van der Waals surface area (Å²) in [4.78, 5) is 42.3. The van der Waals surface area contributed by atoms with Crippen LogP contribution in [0, 0.1) is 6.92 Å². The van der Waals surface area contributed by atoms with Crippen molar-refractivity contribution in [2.45, 2.75) is 6.92 Å². The molecule has 0 aliphatic heterocycles. The number of hydrogen-bond donors (Lipinski definition) is 2. The number of aryl methyl sites for hydroxylation is 1. The molecule has 0 saturated heterocycles. The lowest BCUT2D eigenvalue weighted by molar-refractivity contribution is -0.121. The smallest absolute Gasteiger partial charge is 0.273 e. The molecule has 0 atom stereocenters. The number of aromatic nitrogens is 2. The molecule has 9 heteroatoms. The quantitative estimate of drug-likeness (QED) is 0.659. The number of carbonyl (C=O) groups excluding carboxylic acids is 3. The molecular weight excluding hydrogens is 274 g/mol. The molecule has 19 heavy (non-hydrogen) atoms. The Bertz CT molecular complexity index is 498. The molecule has 1 aromatic heterocycles. The molecule has 1 aromatic rings. The van der Waals surface area contributed by atoms with Gasteiger partial charge in [0.1, 0.15) is 18.8 Å². The van der Waals surface area contributed by atoms with Crippen LogP contribution in [-0.4, -0.2) is 45.7 Å². The van der Waals surface area contributed by atoms with Crippen LogP contribution in [0.25, 0.3) is 0 Å². The van der Waals surface area contributed by atoms with Crippen molar-refractivity contribution in [3.05, 3.63) is 22.7 Å². The summed E-state index contributed by atoms with van der Waals surface area (Å²) in [5.74, 6) is -2.22. The van der Waals surface area contributed by atoms with Crippen LogP contribution in [-0.2, 0) is 9.59 Å². The molecule has 1 heterocycles. The highest BCUT2D eigenvalue weighted by atomic mass is 35.5. The maximum Gasteiger partial charge on any atom is 0.273 e. The van der Waals surface area contributed by atoms with Gasteiger partial charge < -0.3 is 16.4 Å². The van der Waals surface area contributed by atoms with Crippen molar-refractivity contribution in [1.82, 2.24) is 14.9 Å². The van der Waals surface area contributed by atoms with Crippen LogP contribution < -0.4 is 11.5 Å². The molecule has 3 amide bonds. The van der Waals surface area contributed by atoms with E-state index in [9.17, 15) is 14.4 Å². The molecule has 1 rings (SSSR count). The molecule has 0 aliphatic rings. The summed E-state index contributed by atoms with van der Waals surface area (Å²) < 4.78 is 0. The van der Waals surface area contributed by atoms with Crippen LogP contribution >= 0.6 is 11.6 Å². The maximum atomic E-state index is 12.1. The lowest BCUT2D eigenvalue weighted by Crippen LogP contribution is -2.43. The second kappa shape index (κ2) is 6.10. The molecule has 0 bridgehead atoms. The first-order valence-corrected chi connectivity index (χ1v) is 5.54. The zero-order valence-corrected chi connectivity index (χ0v) is 10.8. The minimum Gasteiger partial charge on any atom is -0.368 e. The zero-order chi connectivity index (χ0) is 14.6. The monoisotopic (exact) mass is 285 g/mol. The lowest BCUT2D eigenvalue weighted by atomic mass is 10.3. The molecule has 0 spiro atoms. The van der Waals surface area contributed by atoms with E-state index in [0.717, 1.165) is 4.90 Å². The van der Waals surface area contributed by atoms with Gasteiger partial charge in [-0.05, 0) is 24.6 Å².